The van der Waals surface area contributed by atoms with Crippen LogP contribution < -0.4 is 10.2 Å². The Morgan fingerprint density at radius 3 is 1.23 bits per heavy atom. The Bertz CT molecular complexity index is 1170. The van der Waals surface area contributed by atoms with Gasteiger partial charge in [-0.1, -0.05) is 243 Å². The Kier molecular flexibility index (Phi) is 47.8. The molecule has 0 spiro atoms. The normalized spacial score (nSPS) is 14.2. The second-order valence-corrected chi connectivity index (χ2v) is 22.0. The molecule has 0 heterocycles. The number of carbonyl (C=O) groups is 1. The van der Waals surface area contributed by atoms with Gasteiger partial charge < -0.3 is 28.8 Å². The minimum Gasteiger partial charge on any atom is -0.756 e. The van der Waals surface area contributed by atoms with Crippen LogP contribution in [0.2, 0.25) is 0 Å². The lowest BCUT2D eigenvalue weighted by molar-refractivity contribution is -0.870. The fourth-order valence-corrected chi connectivity index (χ4v) is 9.06. The molecule has 0 rings (SSSR count). The third kappa shape index (κ3) is 50.6. The molecule has 0 bridgehead atoms. The molecule has 66 heavy (non-hydrogen) atoms. The van der Waals surface area contributed by atoms with Gasteiger partial charge in [-0.2, -0.15) is 0 Å². The van der Waals surface area contributed by atoms with Crippen molar-refractivity contribution in [3.8, 4) is 0 Å². The van der Waals surface area contributed by atoms with Crippen molar-refractivity contribution in [1.82, 2.24) is 5.32 Å². The van der Waals surface area contributed by atoms with Gasteiger partial charge in [-0.05, 0) is 57.8 Å². The highest BCUT2D eigenvalue weighted by molar-refractivity contribution is 7.45. The molecule has 1 amide bonds. The minimum absolute atomic E-state index is 0.00664. The summed E-state index contributed by atoms with van der Waals surface area (Å²) in [6.45, 7) is 4.66. The van der Waals surface area contributed by atoms with Crippen molar-refractivity contribution in [3.63, 3.8) is 0 Å². The summed E-state index contributed by atoms with van der Waals surface area (Å²) in [6, 6.07) is -0.905. The summed E-state index contributed by atoms with van der Waals surface area (Å²) in [5, 5.41) is 13.9. The molecule has 0 aromatic carbocycles. The van der Waals surface area contributed by atoms with Crippen molar-refractivity contribution in [3.05, 3.63) is 36.5 Å². The van der Waals surface area contributed by atoms with Crippen LogP contribution in [0.15, 0.2) is 36.5 Å². The zero-order chi connectivity index (χ0) is 48.5. The zero-order valence-electron chi connectivity index (χ0n) is 44.4. The fourth-order valence-electron chi connectivity index (χ4n) is 8.34. The standard InChI is InChI=1S/C57H111N2O6P/c1-6-8-10-12-14-16-18-20-22-24-26-28-29-31-33-35-37-39-41-43-45-47-49-51-57(61)58-55(54-65-66(62,63)64-53-52-59(3,4)5)56(60)50-48-46-44-42-40-38-36-34-32-30-27-25-23-21-19-17-15-13-11-9-7-2/h31,33,40,42,48,50,55-56,60H,6-30,32,34-39,41,43-47,49,51-54H2,1-5H3,(H-,58,61,62,63)/b33-31-,42-40+,50-48+. The maximum absolute atomic E-state index is 12.9. The summed E-state index contributed by atoms with van der Waals surface area (Å²) < 4.78 is 23.3. The number of aliphatic hydroxyl groups excluding tert-OH is 1. The maximum Gasteiger partial charge on any atom is 0.268 e. The molecule has 0 aliphatic rings. The van der Waals surface area contributed by atoms with E-state index in [9.17, 15) is 19.4 Å². The summed E-state index contributed by atoms with van der Waals surface area (Å²) in [7, 11) is 1.25. The van der Waals surface area contributed by atoms with E-state index in [1.54, 1.807) is 6.08 Å². The zero-order valence-corrected chi connectivity index (χ0v) is 45.3. The number of phosphoric acid groups is 1. The van der Waals surface area contributed by atoms with Crippen molar-refractivity contribution in [1.29, 1.82) is 0 Å². The summed E-state index contributed by atoms with van der Waals surface area (Å²) in [5.41, 5.74) is 0. The van der Waals surface area contributed by atoms with Gasteiger partial charge in [0.25, 0.3) is 7.82 Å². The van der Waals surface area contributed by atoms with Crippen molar-refractivity contribution >= 4 is 13.7 Å². The molecule has 390 valence electrons. The molecule has 0 aliphatic carbocycles. The van der Waals surface area contributed by atoms with Crippen LogP contribution in [-0.4, -0.2) is 68.5 Å². The number of amides is 1. The van der Waals surface area contributed by atoms with E-state index >= 15 is 0 Å². The lowest BCUT2D eigenvalue weighted by atomic mass is 10.0. The molecule has 9 heteroatoms. The maximum atomic E-state index is 12.9. The molecule has 0 saturated carbocycles. The molecular weight excluding hydrogens is 840 g/mol. The Hall–Kier alpha value is -1.28. The highest BCUT2D eigenvalue weighted by Gasteiger charge is 2.23. The monoisotopic (exact) mass is 951 g/mol. The van der Waals surface area contributed by atoms with E-state index in [0.717, 1.165) is 38.5 Å². The van der Waals surface area contributed by atoms with Gasteiger partial charge in [-0.3, -0.25) is 9.36 Å². The second-order valence-electron chi connectivity index (χ2n) is 20.6. The number of aliphatic hydroxyl groups is 1. The molecule has 3 unspecified atom stereocenters. The van der Waals surface area contributed by atoms with Crippen LogP contribution >= 0.6 is 7.82 Å². The average Bonchev–Trinajstić information content (AvgIpc) is 3.28. The molecule has 0 aromatic rings. The summed E-state index contributed by atoms with van der Waals surface area (Å²) in [5.74, 6) is -0.209. The highest BCUT2D eigenvalue weighted by Crippen LogP contribution is 2.38. The SMILES string of the molecule is CCCCCCCCCCCCCC/C=C\CCCCCCCCCC(=O)NC(COP(=O)([O-])OCC[N+](C)(C)C)C(O)/C=C/CC/C=C/CCCCCCCCCCCCCCCCC. The number of unbranched alkanes of at least 4 members (excludes halogenated alkanes) is 35. The van der Waals surface area contributed by atoms with E-state index in [0.29, 0.717) is 17.4 Å². The van der Waals surface area contributed by atoms with Gasteiger partial charge in [0.2, 0.25) is 5.91 Å². The Morgan fingerprint density at radius 1 is 0.515 bits per heavy atom. The molecule has 3 atom stereocenters. The van der Waals surface area contributed by atoms with Crippen molar-refractivity contribution in [2.45, 2.75) is 283 Å². The Labute approximate surface area is 410 Å². The first-order chi connectivity index (χ1) is 32.0. The number of rotatable bonds is 52. The minimum atomic E-state index is -4.60. The Balaban J connectivity index is 4.27. The topological polar surface area (TPSA) is 108 Å². The third-order valence-corrected chi connectivity index (χ3v) is 13.8. The number of allylic oxidation sites excluding steroid dienone is 5. The molecule has 8 nitrogen and oxygen atoms in total. The van der Waals surface area contributed by atoms with Crippen LogP contribution in [-0.2, 0) is 18.4 Å². The molecule has 0 aromatic heterocycles. The fraction of sp³-hybridized carbons (Fsp3) is 0.877. The van der Waals surface area contributed by atoms with Gasteiger partial charge in [-0.25, -0.2) is 0 Å². The first-order valence-electron chi connectivity index (χ1n) is 28.4. The molecule has 0 saturated heterocycles. The highest BCUT2D eigenvalue weighted by atomic mass is 31.2. The first kappa shape index (κ1) is 64.7. The van der Waals surface area contributed by atoms with Gasteiger partial charge >= 0.3 is 0 Å². The number of hydrogen-bond donors (Lipinski definition) is 2. The van der Waals surface area contributed by atoms with Crippen molar-refractivity contribution in [2.24, 2.45) is 0 Å². The predicted octanol–water partition coefficient (Wildman–Crippen LogP) is 16.4. The quantitative estimate of drug-likeness (QED) is 0.0272. The molecule has 0 radical (unpaired) electrons. The van der Waals surface area contributed by atoms with E-state index < -0.39 is 26.6 Å². The lowest BCUT2D eigenvalue weighted by Crippen LogP contribution is -2.45. The van der Waals surface area contributed by atoms with Crippen LogP contribution in [0.4, 0.5) is 0 Å². The van der Waals surface area contributed by atoms with Gasteiger partial charge in [0.05, 0.1) is 39.9 Å². The van der Waals surface area contributed by atoms with Gasteiger partial charge in [0.15, 0.2) is 0 Å². The van der Waals surface area contributed by atoms with Crippen LogP contribution in [0.3, 0.4) is 0 Å². The number of hydrogen-bond acceptors (Lipinski definition) is 6. The van der Waals surface area contributed by atoms with Gasteiger partial charge in [0.1, 0.15) is 13.2 Å². The number of nitrogens with one attached hydrogen (secondary N) is 1. The lowest BCUT2D eigenvalue weighted by Gasteiger charge is -2.29. The molecular formula is C57H111N2O6P. The van der Waals surface area contributed by atoms with Crippen LogP contribution in [0, 0.1) is 0 Å². The van der Waals surface area contributed by atoms with Crippen molar-refractivity contribution in [2.75, 3.05) is 40.9 Å². The van der Waals surface area contributed by atoms with E-state index in [1.807, 2.05) is 27.2 Å². The summed E-state index contributed by atoms with van der Waals surface area (Å²) in [6.07, 6.45) is 62.2. The van der Waals surface area contributed by atoms with E-state index in [-0.39, 0.29) is 12.5 Å². The first-order valence-corrected chi connectivity index (χ1v) is 29.8. The number of carbonyl (C=O) groups excluding carboxylic acids is 1. The van der Waals surface area contributed by atoms with Crippen LogP contribution in [0.25, 0.3) is 0 Å². The molecule has 0 fully saturated rings. The van der Waals surface area contributed by atoms with Gasteiger partial charge in [0, 0.05) is 6.42 Å². The number of quaternary nitrogens is 1. The van der Waals surface area contributed by atoms with E-state index in [4.69, 9.17) is 9.05 Å². The second kappa shape index (κ2) is 48.7. The summed E-state index contributed by atoms with van der Waals surface area (Å²) >= 11 is 0. The largest absolute Gasteiger partial charge is 0.756 e. The molecule has 0 aliphatic heterocycles. The van der Waals surface area contributed by atoms with Crippen molar-refractivity contribution < 1.29 is 32.9 Å². The Morgan fingerprint density at radius 2 is 0.848 bits per heavy atom. The predicted molar refractivity (Wildman–Crippen MR) is 284 cm³/mol. The average molecular weight is 951 g/mol. The van der Waals surface area contributed by atoms with Gasteiger partial charge in [-0.15, -0.1) is 0 Å². The third-order valence-electron chi connectivity index (χ3n) is 12.8. The van der Waals surface area contributed by atoms with E-state index in [2.05, 4.69) is 43.5 Å². The number of likely N-dealkylation sites (N-methyl/N-ethyl adjacent to an activating group) is 1. The van der Waals surface area contributed by atoms with E-state index in [1.165, 1.54) is 212 Å². The molecule has 2 N–H and O–H groups in total. The number of phosphoric ester groups is 1. The number of nitrogens with zero attached hydrogens (tertiary/aromatic N) is 1. The smallest absolute Gasteiger partial charge is 0.268 e. The van der Waals surface area contributed by atoms with Crippen LogP contribution in [0.1, 0.15) is 271 Å². The van der Waals surface area contributed by atoms with Crippen LogP contribution in [0.5, 0.6) is 0 Å². The summed E-state index contributed by atoms with van der Waals surface area (Å²) in [4.78, 5) is 25.5.